The highest BCUT2D eigenvalue weighted by Crippen LogP contribution is 2.18. The number of carbonyl (C=O) groups is 1. The molecule has 0 bridgehead atoms. The number of amides is 1. The van der Waals surface area contributed by atoms with E-state index < -0.39 is 12.2 Å². The Bertz CT molecular complexity index is 588. The van der Waals surface area contributed by atoms with Crippen LogP contribution in [-0.4, -0.2) is 23.7 Å². The number of halogens is 1. The summed E-state index contributed by atoms with van der Waals surface area (Å²) in [5, 5.41) is 16.8. The molecule has 2 N–H and O–H groups in total. The Morgan fingerprint density at radius 1 is 1.48 bits per heavy atom. The van der Waals surface area contributed by atoms with E-state index in [1.165, 1.54) is 11.3 Å². The smallest absolute Gasteiger partial charge is 0.260 e. The molecular formula is C15H16ClNO3S. The quantitative estimate of drug-likeness (QED) is 0.858. The Kier molecular flexibility index (Phi) is 5.61. The van der Waals surface area contributed by atoms with Gasteiger partial charge in [-0.3, -0.25) is 4.79 Å². The van der Waals surface area contributed by atoms with Crippen LogP contribution in [0.4, 0.5) is 0 Å². The second kappa shape index (κ2) is 7.45. The molecule has 6 heteroatoms. The van der Waals surface area contributed by atoms with Gasteiger partial charge in [0.05, 0.1) is 6.10 Å². The minimum atomic E-state index is -0.710. The highest BCUT2D eigenvalue weighted by atomic mass is 35.5. The molecule has 0 saturated heterocycles. The fraction of sp³-hybridized carbons (Fsp3) is 0.267. The van der Waals surface area contributed by atoms with E-state index in [1.807, 2.05) is 16.8 Å². The molecule has 112 valence electrons. The molecule has 0 fully saturated rings. The van der Waals surface area contributed by atoms with Gasteiger partial charge in [-0.25, -0.2) is 0 Å². The number of carbonyl (C=O) groups excluding carboxylic acids is 1. The van der Waals surface area contributed by atoms with Gasteiger partial charge in [0.2, 0.25) is 0 Å². The Labute approximate surface area is 132 Å². The number of hydrogen-bond acceptors (Lipinski definition) is 4. The van der Waals surface area contributed by atoms with Crippen LogP contribution in [0.1, 0.15) is 18.6 Å². The molecule has 21 heavy (non-hydrogen) atoms. The molecule has 2 atom stereocenters. The summed E-state index contributed by atoms with van der Waals surface area (Å²) < 4.78 is 5.50. The second-order valence-electron chi connectivity index (χ2n) is 4.54. The summed E-state index contributed by atoms with van der Waals surface area (Å²) >= 11 is 7.36. The van der Waals surface area contributed by atoms with Crippen molar-refractivity contribution < 1.29 is 14.6 Å². The van der Waals surface area contributed by atoms with Gasteiger partial charge in [0, 0.05) is 11.6 Å². The first-order valence-electron chi connectivity index (χ1n) is 6.46. The summed E-state index contributed by atoms with van der Waals surface area (Å²) in [6.45, 7) is 1.80. The van der Waals surface area contributed by atoms with Gasteiger partial charge in [-0.15, -0.1) is 0 Å². The Morgan fingerprint density at radius 3 is 2.95 bits per heavy atom. The predicted molar refractivity (Wildman–Crippen MR) is 83.8 cm³/mol. The third kappa shape index (κ3) is 4.74. The maximum Gasteiger partial charge on any atom is 0.260 e. The van der Waals surface area contributed by atoms with Crippen LogP contribution in [-0.2, 0) is 4.79 Å². The van der Waals surface area contributed by atoms with Crippen LogP contribution in [0.5, 0.6) is 5.75 Å². The predicted octanol–water partition coefficient (Wildman–Crippen LogP) is 3.02. The summed E-state index contributed by atoms with van der Waals surface area (Å²) in [4.78, 5) is 11.9. The van der Waals surface area contributed by atoms with E-state index in [-0.39, 0.29) is 12.5 Å². The average molecular weight is 326 g/mol. The Balaban J connectivity index is 1.82. The first-order chi connectivity index (χ1) is 10.1. The molecule has 0 aliphatic rings. The zero-order chi connectivity index (χ0) is 15.2. The first kappa shape index (κ1) is 15.8. The summed E-state index contributed by atoms with van der Waals surface area (Å²) in [6.07, 6.45) is -1.38. The molecule has 1 amide bonds. The van der Waals surface area contributed by atoms with E-state index in [9.17, 15) is 9.90 Å². The highest BCUT2D eigenvalue weighted by Gasteiger charge is 2.16. The van der Waals surface area contributed by atoms with Gasteiger partial charge in [0.25, 0.3) is 5.91 Å². The standard InChI is InChI=1S/C15H16ClNO3S/c1-10(20-13-4-2-3-12(16)7-13)15(19)17-8-14(18)11-5-6-21-9-11/h2-7,9-10,14,18H,8H2,1H3,(H,17,19). The molecule has 0 aliphatic carbocycles. The third-order valence-electron chi connectivity index (χ3n) is 2.88. The summed E-state index contributed by atoms with van der Waals surface area (Å²) in [5.74, 6) is 0.243. The SMILES string of the molecule is CC(Oc1cccc(Cl)c1)C(=O)NCC(O)c1ccsc1. The van der Waals surface area contributed by atoms with E-state index in [0.717, 1.165) is 5.56 Å². The van der Waals surface area contributed by atoms with Gasteiger partial charge in [-0.05, 0) is 47.5 Å². The minimum absolute atomic E-state index is 0.152. The third-order valence-corrected chi connectivity index (χ3v) is 3.81. The molecule has 0 spiro atoms. The maximum absolute atomic E-state index is 11.9. The number of benzene rings is 1. The number of aliphatic hydroxyl groups is 1. The second-order valence-corrected chi connectivity index (χ2v) is 5.75. The first-order valence-corrected chi connectivity index (χ1v) is 7.78. The van der Waals surface area contributed by atoms with Crippen molar-refractivity contribution in [2.24, 2.45) is 0 Å². The van der Waals surface area contributed by atoms with Gasteiger partial charge in [-0.2, -0.15) is 11.3 Å². The molecule has 0 radical (unpaired) electrons. The fourth-order valence-corrected chi connectivity index (χ4v) is 2.61. The van der Waals surface area contributed by atoms with Crippen molar-refractivity contribution in [3.05, 3.63) is 51.7 Å². The van der Waals surface area contributed by atoms with Crippen molar-refractivity contribution >= 4 is 28.8 Å². The van der Waals surface area contributed by atoms with Gasteiger partial charge >= 0.3 is 0 Å². The van der Waals surface area contributed by atoms with E-state index in [0.29, 0.717) is 10.8 Å². The van der Waals surface area contributed by atoms with Gasteiger partial charge in [0.15, 0.2) is 6.10 Å². The van der Waals surface area contributed by atoms with Crippen LogP contribution in [0.3, 0.4) is 0 Å². The van der Waals surface area contributed by atoms with E-state index in [4.69, 9.17) is 16.3 Å². The molecule has 0 saturated carbocycles. The molecule has 1 aromatic carbocycles. The number of nitrogens with one attached hydrogen (secondary N) is 1. The van der Waals surface area contributed by atoms with Crippen molar-refractivity contribution in [1.29, 1.82) is 0 Å². The lowest BCUT2D eigenvalue weighted by molar-refractivity contribution is -0.127. The van der Waals surface area contributed by atoms with E-state index >= 15 is 0 Å². The molecule has 2 unspecified atom stereocenters. The number of rotatable bonds is 6. The summed E-state index contributed by atoms with van der Waals surface area (Å²) in [6, 6.07) is 8.69. The van der Waals surface area contributed by atoms with Crippen LogP contribution < -0.4 is 10.1 Å². The lowest BCUT2D eigenvalue weighted by atomic mass is 10.2. The summed E-state index contributed by atoms with van der Waals surface area (Å²) in [7, 11) is 0. The largest absolute Gasteiger partial charge is 0.481 e. The number of ether oxygens (including phenoxy) is 1. The van der Waals surface area contributed by atoms with Gasteiger partial charge in [0.1, 0.15) is 5.75 Å². The maximum atomic E-state index is 11.9. The van der Waals surface area contributed by atoms with Crippen LogP contribution in [0.2, 0.25) is 5.02 Å². The zero-order valence-electron chi connectivity index (χ0n) is 11.5. The number of aliphatic hydroxyl groups excluding tert-OH is 1. The van der Waals surface area contributed by atoms with Crippen molar-refractivity contribution in [2.45, 2.75) is 19.1 Å². The van der Waals surface area contributed by atoms with Crippen molar-refractivity contribution in [3.8, 4) is 5.75 Å². The molecular weight excluding hydrogens is 310 g/mol. The number of hydrogen-bond donors (Lipinski definition) is 2. The van der Waals surface area contributed by atoms with E-state index in [1.54, 1.807) is 31.2 Å². The Morgan fingerprint density at radius 2 is 2.29 bits per heavy atom. The molecule has 2 aromatic rings. The van der Waals surface area contributed by atoms with Gasteiger partial charge < -0.3 is 15.2 Å². The van der Waals surface area contributed by atoms with Crippen molar-refractivity contribution in [3.63, 3.8) is 0 Å². The molecule has 2 rings (SSSR count). The molecule has 1 aromatic heterocycles. The molecule has 1 heterocycles. The van der Waals surface area contributed by atoms with Crippen molar-refractivity contribution in [1.82, 2.24) is 5.32 Å². The average Bonchev–Trinajstić information content (AvgIpc) is 2.98. The van der Waals surface area contributed by atoms with Gasteiger partial charge in [-0.1, -0.05) is 17.7 Å². The van der Waals surface area contributed by atoms with Crippen LogP contribution in [0.15, 0.2) is 41.1 Å². The topological polar surface area (TPSA) is 58.6 Å². The summed E-state index contributed by atoms with van der Waals surface area (Å²) in [5.41, 5.74) is 0.795. The zero-order valence-corrected chi connectivity index (χ0v) is 13.0. The van der Waals surface area contributed by atoms with Crippen LogP contribution in [0, 0.1) is 0 Å². The molecule has 0 aliphatic heterocycles. The van der Waals surface area contributed by atoms with Crippen molar-refractivity contribution in [2.75, 3.05) is 6.54 Å². The lowest BCUT2D eigenvalue weighted by Gasteiger charge is -2.16. The molecule has 4 nitrogen and oxygen atoms in total. The fourth-order valence-electron chi connectivity index (χ4n) is 1.72. The Hall–Kier alpha value is -1.56. The number of thiophene rings is 1. The lowest BCUT2D eigenvalue weighted by Crippen LogP contribution is -2.38. The minimum Gasteiger partial charge on any atom is -0.481 e. The van der Waals surface area contributed by atoms with Crippen LogP contribution in [0.25, 0.3) is 0 Å². The van der Waals surface area contributed by atoms with E-state index in [2.05, 4.69) is 5.32 Å². The highest BCUT2D eigenvalue weighted by molar-refractivity contribution is 7.07. The van der Waals surface area contributed by atoms with Crippen LogP contribution >= 0.6 is 22.9 Å². The monoisotopic (exact) mass is 325 g/mol. The normalized spacial score (nSPS) is 13.5.